The van der Waals surface area contributed by atoms with Gasteiger partial charge in [0.1, 0.15) is 0 Å². The molecule has 0 aromatic carbocycles. The molecule has 0 amide bonds. The summed E-state index contributed by atoms with van der Waals surface area (Å²) in [6, 6.07) is 0.273. The lowest BCUT2D eigenvalue weighted by Gasteiger charge is -2.24. The van der Waals surface area contributed by atoms with E-state index in [9.17, 15) is 0 Å². The first-order chi connectivity index (χ1) is 8.69. The molecule has 102 valence electrons. The van der Waals surface area contributed by atoms with Gasteiger partial charge in [0, 0.05) is 18.6 Å². The Bertz CT molecular complexity index is 385. The van der Waals surface area contributed by atoms with Crippen LogP contribution in [-0.2, 0) is 4.74 Å². The molecule has 2 unspecified atom stereocenters. The van der Waals surface area contributed by atoms with Crippen molar-refractivity contribution in [2.75, 3.05) is 20.3 Å². The standard InChI is InChI=1S/C12H22N4O2/c1-8(2)16-12(10(17-3)6-14-16)11(15-13)9-4-5-18-7-9/h6,8-9,11,15H,4-5,7,13H2,1-3H3. The fourth-order valence-corrected chi connectivity index (χ4v) is 2.47. The average molecular weight is 254 g/mol. The molecule has 6 heteroatoms. The van der Waals surface area contributed by atoms with Crippen LogP contribution in [0.15, 0.2) is 6.20 Å². The third kappa shape index (κ3) is 2.36. The number of nitrogens with zero attached hydrogens (tertiary/aromatic N) is 2. The lowest BCUT2D eigenvalue weighted by Crippen LogP contribution is -2.36. The lowest BCUT2D eigenvalue weighted by atomic mass is 9.96. The molecular weight excluding hydrogens is 232 g/mol. The Morgan fingerprint density at radius 1 is 1.61 bits per heavy atom. The summed E-state index contributed by atoms with van der Waals surface area (Å²) < 4.78 is 12.8. The summed E-state index contributed by atoms with van der Waals surface area (Å²) in [5.41, 5.74) is 3.90. The molecule has 1 aliphatic heterocycles. The second-order valence-corrected chi connectivity index (χ2v) is 4.90. The zero-order valence-corrected chi connectivity index (χ0v) is 11.2. The van der Waals surface area contributed by atoms with Crippen molar-refractivity contribution in [1.29, 1.82) is 0 Å². The van der Waals surface area contributed by atoms with Crippen molar-refractivity contribution in [1.82, 2.24) is 15.2 Å². The fraction of sp³-hybridized carbons (Fsp3) is 0.750. The molecule has 0 bridgehead atoms. The number of rotatable bonds is 5. The Morgan fingerprint density at radius 3 is 2.89 bits per heavy atom. The van der Waals surface area contributed by atoms with Gasteiger partial charge in [0.05, 0.1) is 31.6 Å². The molecule has 2 rings (SSSR count). The first-order valence-corrected chi connectivity index (χ1v) is 6.34. The Balaban J connectivity index is 2.35. The Hall–Kier alpha value is -1.11. The molecule has 2 heterocycles. The molecule has 1 aliphatic rings. The smallest absolute Gasteiger partial charge is 0.161 e. The van der Waals surface area contributed by atoms with E-state index in [4.69, 9.17) is 15.3 Å². The highest BCUT2D eigenvalue weighted by molar-refractivity contribution is 5.29. The molecule has 1 aromatic rings. The number of hydrogen-bond acceptors (Lipinski definition) is 5. The zero-order valence-electron chi connectivity index (χ0n) is 11.2. The van der Waals surface area contributed by atoms with Crippen molar-refractivity contribution in [3.63, 3.8) is 0 Å². The molecular formula is C12H22N4O2. The molecule has 0 aliphatic carbocycles. The number of hydrogen-bond donors (Lipinski definition) is 2. The molecule has 6 nitrogen and oxygen atoms in total. The maximum atomic E-state index is 5.73. The van der Waals surface area contributed by atoms with Crippen molar-refractivity contribution in [3.05, 3.63) is 11.9 Å². The molecule has 2 atom stereocenters. The summed E-state index contributed by atoms with van der Waals surface area (Å²) >= 11 is 0. The maximum Gasteiger partial charge on any atom is 0.161 e. The predicted octanol–water partition coefficient (Wildman–Crippen LogP) is 1.01. The fourth-order valence-electron chi connectivity index (χ4n) is 2.47. The van der Waals surface area contributed by atoms with Crippen molar-refractivity contribution < 1.29 is 9.47 Å². The van der Waals surface area contributed by atoms with E-state index in [0.717, 1.165) is 31.1 Å². The van der Waals surface area contributed by atoms with E-state index < -0.39 is 0 Å². The number of aromatic nitrogens is 2. The van der Waals surface area contributed by atoms with Crippen LogP contribution in [-0.4, -0.2) is 30.1 Å². The SMILES string of the molecule is COc1cnn(C(C)C)c1C(NN)C1CCOC1. The van der Waals surface area contributed by atoms with Crippen LogP contribution in [0.2, 0.25) is 0 Å². The predicted molar refractivity (Wildman–Crippen MR) is 68.2 cm³/mol. The number of hydrazine groups is 1. The summed E-state index contributed by atoms with van der Waals surface area (Å²) in [7, 11) is 1.66. The second kappa shape index (κ2) is 5.69. The third-order valence-electron chi connectivity index (χ3n) is 3.42. The molecule has 1 aromatic heterocycles. The first-order valence-electron chi connectivity index (χ1n) is 6.34. The minimum absolute atomic E-state index is 0.00681. The van der Waals surface area contributed by atoms with Crippen molar-refractivity contribution in [2.45, 2.75) is 32.4 Å². The molecule has 1 fully saturated rings. The van der Waals surface area contributed by atoms with Crippen LogP contribution in [0, 0.1) is 5.92 Å². The zero-order chi connectivity index (χ0) is 13.1. The van der Waals surface area contributed by atoms with Gasteiger partial charge in [-0.1, -0.05) is 0 Å². The van der Waals surface area contributed by atoms with Crippen LogP contribution in [0.4, 0.5) is 0 Å². The Morgan fingerprint density at radius 2 is 2.39 bits per heavy atom. The maximum absolute atomic E-state index is 5.73. The highest BCUT2D eigenvalue weighted by Gasteiger charge is 2.32. The van der Waals surface area contributed by atoms with Gasteiger partial charge in [-0.25, -0.2) is 0 Å². The highest BCUT2D eigenvalue weighted by Crippen LogP contribution is 2.34. The molecule has 3 N–H and O–H groups in total. The van der Waals surface area contributed by atoms with Gasteiger partial charge in [-0.05, 0) is 20.3 Å². The minimum Gasteiger partial charge on any atom is -0.493 e. The van der Waals surface area contributed by atoms with Crippen LogP contribution in [0.25, 0.3) is 0 Å². The number of nitrogens with two attached hydrogens (primary N) is 1. The van der Waals surface area contributed by atoms with Gasteiger partial charge < -0.3 is 9.47 Å². The van der Waals surface area contributed by atoms with Gasteiger partial charge in [-0.3, -0.25) is 16.0 Å². The monoisotopic (exact) mass is 254 g/mol. The molecule has 18 heavy (non-hydrogen) atoms. The van der Waals surface area contributed by atoms with Gasteiger partial charge in [0.25, 0.3) is 0 Å². The van der Waals surface area contributed by atoms with Gasteiger partial charge >= 0.3 is 0 Å². The van der Waals surface area contributed by atoms with Gasteiger partial charge in [0.2, 0.25) is 0 Å². The van der Waals surface area contributed by atoms with Gasteiger partial charge in [0.15, 0.2) is 5.75 Å². The van der Waals surface area contributed by atoms with Crippen LogP contribution in [0.3, 0.4) is 0 Å². The van der Waals surface area contributed by atoms with Crippen LogP contribution < -0.4 is 16.0 Å². The van der Waals surface area contributed by atoms with Crippen molar-refractivity contribution >= 4 is 0 Å². The van der Waals surface area contributed by atoms with E-state index in [1.807, 2.05) is 4.68 Å². The molecule has 0 radical (unpaired) electrons. The lowest BCUT2D eigenvalue weighted by molar-refractivity contribution is 0.174. The average Bonchev–Trinajstić information content (AvgIpc) is 2.99. The third-order valence-corrected chi connectivity index (χ3v) is 3.42. The van der Waals surface area contributed by atoms with Gasteiger partial charge in [-0.2, -0.15) is 5.10 Å². The van der Waals surface area contributed by atoms with E-state index in [2.05, 4.69) is 24.4 Å². The summed E-state index contributed by atoms with van der Waals surface area (Å²) in [4.78, 5) is 0. The first kappa shape index (κ1) is 13.3. The molecule has 0 spiro atoms. The normalized spacial score (nSPS) is 21.5. The van der Waals surface area contributed by atoms with Crippen LogP contribution in [0.1, 0.15) is 38.0 Å². The van der Waals surface area contributed by atoms with Crippen LogP contribution >= 0.6 is 0 Å². The number of ether oxygens (including phenoxy) is 2. The number of methoxy groups -OCH3 is 1. The van der Waals surface area contributed by atoms with Crippen molar-refractivity contribution in [3.8, 4) is 5.75 Å². The molecule has 1 saturated heterocycles. The van der Waals surface area contributed by atoms with E-state index in [0.29, 0.717) is 5.92 Å². The topological polar surface area (TPSA) is 74.3 Å². The Labute approximate surface area is 107 Å². The minimum atomic E-state index is 0.00681. The summed E-state index contributed by atoms with van der Waals surface area (Å²) in [5, 5.41) is 4.38. The second-order valence-electron chi connectivity index (χ2n) is 4.90. The summed E-state index contributed by atoms with van der Waals surface area (Å²) in [6.45, 7) is 5.70. The van der Waals surface area contributed by atoms with E-state index in [1.54, 1.807) is 13.3 Å². The largest absolute Gasteiger partial charge is 0.493 e. The Kier molecular flexibility index (Phi) is 4.21. The quantitative estimate of drug-likeness (QED) is 0.606. The van der Waals surface area contributed by atoms with E-state index in [-0.39, 0.29) is 12.1 Å². The summed E-state index contributed by atoms with van der Waals surface area (Å²) in [5.74, 6) is 6.87. The van der Waals surface area contributed by atoms with Gasteiger partial charge in [-0.15, -0.1) is 0 Å². The van der Waals surface area contributed by atoms with E-state index >= 15 is 0 Å². The van der Waals surface area contributed by atoms with Crippen LogP contribution in [0.5, 0.6) is 5.75 Å². The van der Waals surface area contributed by atoms with Crippen molar-refractivity contribution in [2.24, 2.45) is 11.8 Å². The number of nitrogens with one attached hydrogen (secondary N) is 1. The van der Waals surface area contributed by atoms with E-state index in [1.165, 1.54) is 0 Å². The summed E-state index contributed by atoms with van der Waals surface area (Å²) in [6.07, 6.45) is 2.75. The molecule has 0 saturated carbocycles. The highest BCUT2D eigenvalue weighted by atomic mass is 16.5.